The summed E-state index contributed by atoms with van der Waals surface area (Å²) < 4.78 is 2.21. The molecule has 0 spiro atoms. The molecule has 1 aromatic carbocycles. The fourth-order valence-electron chi connectivity index (χ4n) is 3.65. The zero-order valence-electron chi connectivity index (χ0n) is 17.0. The Morgan fingerprint density at radius 3 is 2.55 bits per heavy atom. The average Bonchev–Trinajstić information content (AvgIpc) is 3.19. The van der Waals surface area contributed by atoms with E-state index in [1.165, 1.54) is 10.6 Å². The Bertz CT molecular complexity index is 1000. The largest absolute Gasteiger partial charge is 0.336 e. The summed E-state index contributed by atoms with van der Waals surface area (Å²) >= 11 is 7.78. The van der Waals surface area contributed by atoms with Gasteiger partial charge in [0.2, 0.25) is 0 Å². The van der Waals surface area contributed by atoms with E-state index in [0.717, 1.165) is 54.0 Å². The van der Waals surface area contributed by atoms with Crippen molar-refractivity contribution in [3.05, 3.63) is 46.1 Å². The zero-order valence-corrected chi connectivity index (χ0v) is 18.6. The van der Waals surface area contributed by atoms with Crippen molar-refractivity contribution < 1.29 is 4.79 Å². The van der Waals surface area contributed by atoms with Crippen LogP contribution in [-0.2, 0) is 6.54 Å². The number of nitrogens with zero attached hydrogens (tertiary/aromatic N) is 4. The van der Waals surface area contributed by atoms with Crippen LogP contribution in [0.3, 0.4) is 0 Å². The average molecular weight is 432 g/mol. The van der Waals surface area contributed by atoms with Crippen LogP contribution in [0.5, 0.6) is 0 Å². The molecule has 3 heterocycles. The van der Waals surface area contributed by atoms with E-state index in [2.05, 4.69) is 27.7 Å². The molecule has 8 heteroatoms. The third-order valence-corrected chi connectivity index (χ3v) is 6.25. The summed E-state index contributed by atoms with van der Waals surface area (Å²) in [6.07, 6.45) is 2.16. The number of hydrogen-bond acceptors (Lipinski definition) is 4. The zero-order chi connectivity index (χ0) is 20.5. The molecule has 1 aliphatic heterocycles. The van der Waals surface area contributed by atoms with Gasteiger partial charge in [-0.3, -0.25) is 9.30 Å². The van der Waals surface area contributed by atoms with E-state index in [4.69, 9.17) is 16.6 Å². The van der Waals surface area contributed by atoms with Crippen LogP contribution in [0.15, 0.2) is 30.5 Å². The molecule has 1 aliphatic rings. The lowest BCUT2D eigenvalue weighted by molar-refractivity contribution is 0.133. The van der Waals surface area contributed by atoms with Crippen molar-refractivity contribution in [3.8, 4) is 11.3 Å². The van der Waals surface area contributed by atoms with Gasteiger partial charge in [-0.15, -0.1) is 11.3 Å². The summed E-state index contributed by atoms with van der Waals surface area (Å²) in [5.74, 6) is 0. The normalized spacial score (nSPS) is 15.4. The summed E-state index contributed by atoms with van der Waals surface area (Å²) in [5.41, 5.74) is 3.27. The molecule has 0 unspecified atom stereocenters. The third-order valence-electron chi connectivity index (χ3n) is 5.10. The van der Waals surface area contributed by atoms with Gasteiger partial charge in [0.15, 0.2) is 4.96 Å². The van der Waals surface area contributed by atoms with Gasteiger partial charge >= 0.3 is 6.03 Å². The number of nitrogens with one attached hydrogen (secondary N) is 1. The maximum Gasteiger partial charge on any atom is 0.317 e. The SMILES string of the molecule is Cc1cn2c(CN3CCN(C(=O)NC(C)C)CC3)c(-c3ccc(Cl)cc3)nc2s1. The summed E-state index contributed by atoms with van der Waals surface area (Å²) in [6, 6.07) is 8.06. The second kappa shape index (κ2) is 8.34. The molecule has 154 valence electrons. The van der Waals surface area contributed by atoms with E-state index in [0.29, 0.717) is 0 Å². The lowest BCUT2D eigenvalue weighted by Crippen LogP contribution is -2.52. The van der Waals surface area contributed by atoms with Crippen LogP contribution in [-0.4, -0.2) is 57.4 Å². The Morgan fingerprint density at radius 1 is 1.21 bits per heavy atom. The molecule has 0 saturated carbocycles. The van der Waals surface area contributed by atoms with Gasteiger partial charge in [-0.25, -0.2) is 9.78 Å². The van der Waals surface area contributed by atoms with Gasteiger partial charge in [0.1, 0.15) is 0 Å². The molecule has 29 heavy (non-hydrogen) atoms. The molecule has 1 saturated heterocycles. The number of imidazole rings is 1. The number of thiazole rings is 1. The summed E-state index contributed by atoms with van der Waals surface area (Å²) in [6.45, 7) is 10.1. The monoisotopic (exact) mass is 431 g/mol. The van der Waals surface area contributed by atoms with Gasteiger partial charge in [0.05, 0.1) is 11.4 Å². The van der Waals surface area contributed by atoms with Crippen molar-refractivity contribution in [2.45, 2.75) is 33.4 Å². The number of carbonyl (C=O) groups excluding carboxylic acids is 1. The second-order valence-electron chi connectivity index (χ2n) is 7.78. The Balaban J connectivity index is 1.54. The fourth-order valence-corrected chi connectivity index (χ4v) is 4.62. The molecule has 0 aliphatic carbocycles. The lowest BCUT2D eigenvalue weighted by atomic mass is 10.1. The van der Waals surface area contributed by atoms with Crippen LogP contribution in [0.4, 0.5) is 4.79 Å². The molecule has 0 radical (unpaired) electrons. The minimum Gasteiger partial charge on any atom is -0.336 e. The molecule has 2 aromatic heterocycles. The molecule has 3 aromatic rings. The number of carbonyl (C=O) groups is 1. The first-order chi connectivity index (χ1) is 13.9. The van der Waals surface area contributed by atoms with Gasteiger partial charge in [-0.1, -0.05) is 23.7 Å². The van der Waals surface area contributed by atoms with Crippen LogP contribution in [0.2, 0.25) is 5.02 Å². The molecule has 2 amide bonds. The van der Waals surface area contributed by atoms with Crippen LogP contribution >= 0.6 is 22.9 Å². The van der Waals surface area contributed by atoms with Crippen molar-refractivity contribution in [3.63, 3.8) is 0 Å². The topological polar surface area (TPSA) is 52.9 Å². The van der Waals surface area contributed by atoms with Gasteiger partial charge in [-0.05, 0) is 32.9 Å². The van der Waals surface area contributed by atoms with Crippen LogP contribution in [0.1, 0.15) is 24.4 Å². The van der Waals surface area contributed by atoms with Crippen LogP contribution < -0.4 is 5.32 Å². The van der Waals surface area contributed by atoms with Crippen molar-refractivity contribution in [2.75, 3.05) is 26.2 Å². The number of aromatic nitrogens is 2. The highest BCUT2D eigenvalue weighted by Crippen LogP contribution is 2.30. The standard InChI is InChI=1S/C21H26ClN5OS/c1-14(2)23-20(28)26-10-8-25(9-11-26)13-18-19(16-4-6-17(22)7-5-16)24-21-27(18)12-15(3)29-21/h4-7,12,14H,8-11,13H2,1-3H3,(H,23,28). The predicted octanol–water partition coefficient (Wildman–Crippen LogP) is 4.26. The first-order valence-electron chi connectivity index (χ1n) is 9.92. The van der Waals surface area contributed by atoms with E-state index >= 15 is 0 Å². The van der Waals surface area contributed by atoms with Crippen molar-refractivity contribution >= 4 is 33.9 Å². The quantitative estimate of drug-likeness (QED) is 0.671. The van der Waals surface area contributed by atoms with E-state index < -0.39 is 0 Å². The Morgan fingerprint density at radius 2 is 1.90 bits per heavy atom. The lowest BCUT2D eigenvalue weighted by Gasteiger charge is -2.35. The predicted molar refractivity (Wildman–Crippen MR) is 119 cm³/mol. The summed E-state index contributed by atoms with van der Waals surface area (Å²) in [4.78, 5) is 23.7. The fraction of sp³-hybridized carbons (Fsp3) is 0.429. The molecular formula is C21H26ClN5OS. The number of rotatable bonds is 4. The number of benzene rings is 1. The maximum absolute atomic E-state index is 12.2. The first-order valence-corrected chi connectivity index (χ1v) is 11.1. The van der Waals surface area contributed by atoms with Crippen molar-refractivity contribution in [1.29, 1.82) is 0 Å². The van der Waals surface area contributed by atoms with Gasteiger partial charge < -0.3 is 10.2 Å². The number of fused-ring (bicyclic) bond motifs is 1. The third kappa shape index (κ3) is 4.42. The number of piperazine rings is 1. The highest BCUT2D eigenvalue weighted by Gasteiger charge is 2.24. The van der Waals surface area contributed by atoms with Gasteiger partial charge in [-0.2, -0.15) is 0 Å². The van der Waals surface area contributed by atoms with Crippen molar-refractivity contribution in [1.82, 2.24) is 24.5 Å². The minimum atomic E-state index is 0.0294. The number of halogens is 1. The van der Waals surface area contributed by atoms with Crippen molar-refractivity contribution in [2.24, 2.45) is 0 Å². The Kier molecular flexibility index (Phi) is 5.81. The molecule has 1 fully saturated rings. The molecule has 0 atom stereocenters. The molecule has 0 bridgehead atoms. The maximum atomic E-state index is 12.2. The first kappa shape index (κ1) is 20.2. The van der Waals surface area contributed by atoms with Crippen LogP contribution in [0, 0.1) is 6.92 Å². The number of amides is 2. The number of aryl methyl sites for hydroxylation is 1. The molecule has 1 N–H and O–H groups in total. The van der Waals surface area contributed by atoms with Crippen LogP contribution in [0.25, 0.3) is 16.2 Å². The van der Waals surface area contributed by atoms with Gasteiger partial charge in [0, 0.05) is 60.4 Å². The summed E-state index contributed by atoms with van der Waals surface area (Å²) in [5, 5.41) is 3.70. The van der Waals surface area contributed by atoms with E-state index in [1.807, 2.05) is 43.0 Å². The summed E-state index contributed by atoms with van der Waals surface area (Å²) in [7, 11) is 0. The number of urea groups is 1. The van der Waals surface area contributed by atoms with E-state index in [9.17, 15) is 4.79 Å². The Hall–Kier alpha value is -2.09. The highest BCUT2D eigenvalue weighted by atomic mass is 35.5. The second-order valence-corrected chi connectivity index (χ2v) is 9.43. The number of hydrogen-bond donors (Lipinski definition) is 1. The molecule has 6 nitrogen and oxygen atoms in total. The highest BCUT2D eigenvalue weighted by molar-refractivity contribution is 7.17. The van der Waals surface area contributed by atoms with Gasteiger partial charge in [0.25, 0.3) is 0 Å². The molecule has 4 rings (SSSR count). The van der Waals surface area contributed by atoms with E-state index in [-0.39, 0.29) is 12.1 Å². The minimum absolute atomic E-state index is 0.0294. The molecular weight excluding hydrogens is 406 g/mol. The van der Waals surface area contributed by atoms with E-state index in [1.54, 1.807) is 11.3 Å². The smallest absolute Gasteiger partial charge is 0.317 e. The Labute approximate surface area is 180 Å².